The van der Waals surface area contributed by atoms with Gasteiger partial charge in [0.15, 0.2) is 0 Å². The lowest BCUT2D eigenvalue weighted by molar-refractivity contribution is 0.249. The van der Waals surface area contributed by atoms with Gasteiger partial charge >= 0.3 is 6.03 Å². The van der Waals surface area contributed by atoms with Crippen molar-refractivity contribution in [2.75, 3.05) is 19.5 Å². The van der Waals surface area contributed by atoms with Gasteiger partial charge in [0.1, 0.15) is 17.3 Å². The van der Waals surface area contributed by atoms with Gasteiger partial charge in [-0.05, 0) is 85.3 Å². The number of hydrogen-bond donors (Lipinski definition) is 2. The van der Waals surface area contributed by atoms with Crippen LogP contribution in [-0.2, 0) is 19.7 Å². The summed E-state index contributed by atoms with van der Waals surface area (Å²) in [5.74, 6) is 0.184. The molecule has 1 atom stereocenters. The molecule has 0 spiro atoms. The van der Waals surface area contributed by atoms with E-state index in [0.717, 1.165) is 0 Å². The second kappa shape index (κ2) is 12.0. The van der Waals surface area contributed by atoms with Crippen molar-refractivity contribution in [2.24, 2.45) is 0 Å². The van der Waals surface area contributed by atoms with Crippen molar-refractivity contribution in [1.82, 2.24) is 5.32 Å². The third-order valence-electron chi connectivity index (χ3n) is 6.24. The number of carbonyl (C=O) groups excluding carboxylic acids is 1. The molecule has 0 saturated heterocycles. The number of nitrogens with one attached hydrogen (secondary N) is 2. The van der Waals surface area contributed by atoms with E-state index < -0.39 is 47.4 Å². The van der Waals surface area contributed by atoms with Gasteiger partial charge in [-0.3, -0.25) is 0 Å². The highest BCUT2D eigenvalue weighted by Crippen LogP contribution is 2.34. The molecule has 41 heavy (non-hydrogen) atoms. The molecule has 0 aliphatic heterocycles. The smallest absolute Gasteiger partial charge is 0.319 e. The molecule has 0 aliphatic rings. The first-order chi connectivity index (χ1) is 19.4. The maximum atomic E-state index is 13.7. The number of benzene rings is 4. The predicted octanol–water partition coefficient (Wildman–Crippen LogP) is 5.39. The Morgan fingerprint density at radius 3 is 1.78 bits per heavy atom. The van der Waals surface area contributed by atoms with E-state index in [2.05, 4.69) is 10.6 Å². The van der Waals surface area contributed by atoms with Gasteiger partial charge in [-0.2, -0.15) is 0 Å². The zero-order valence-electron chi connectivity index (χ0n) is 22.3. The van der Waals surface area contributed by atoms with E-state index in [-0.39, 0.29) is 15.5 Å². The molecule has 0 heterocycles. The van der Waals surface area contributed by atoms with Crippen LogP contribution in [0.15, 0.2) is 111 Å². The van der Waals surface area contributed by atoms with Crippen LogP contribution in [0, 0.1) is 5.82 Å². The normalized spacial score (nSPS) is 12.3. The first kappa shape index (κ1) is 29.6. The van der Waals surface area contributed by atoms with Crippen LogP contribution in [0.5, 0.6) is 11.5 Å². The Bertz CT molecular complexity index is 1760. The van der Waals surface area contributed by atoms with E-state index in [1.807, 2.05) is 0 Å². The molecule has 9 nitrogen and oxygen atoms in total. The first-order valence-corrected chi connectivity index (χ1v) is 15.2. The minimum Gasteiger partial charge on any atom is -0.497 e. The molecule has 4 aromatic rings. The predicted molar refractivity (Wildman–Crippen MR) is 150 cm³/mol. The lowest BCUT2D eigenvalue weighted by Crippen LogP contribution is -2.31. The number of anilines is 1. The summed E-state index contributed by atoms with van der Waals surface area (Å²) in [6.45, 7) is 1.71. The standard InChI is InChI=1S/C29H27FN2O7S2/c1-19(31-29(33)32-22-8-6-21(30)7-9-22)20-4-13-25(14-5-20)40(34,35)27-17-12-24(39-3)18-28(27)41(36,37)26-15-10-23(38-2)11-16-26/h4-19H,1-3H3,(H2,31,32,33)/t19-/m0/s1. The lowest BCUT2D eigenvalue weighted by Gasteiger charge is -2.16. The van der Waals surface area contributed by atoms with E-state index >= 15 is 0 Å². The van der Waals surface area contributed by atoms with Crippen molar-refractivity contribution in [2.45, 2.75) is 32.5 Å². The number of amides is 2. The fraction of sp³-hybridized carbons (Fsp3) is 0.138. The second-order valence-electron chi connectivity index (χ2n) is 8.89. The maximum Gasteiger partial charge on any atom is 0.319 e. The van der Waals surface area contributed by atoms with Gasteiger partial charge in [0.05, 0.1) is 39.8 Å². The van der Waals surface area contributed by atoms with E-state index in [1.54, 1.807) is 6.92 Å². The first-order valence-electron chi connectivity index (χ1n) is 12.2. The molecule has 4 rings (SSSR count). The van der Waals surface area contributed by atoms with E-state index in [1.165, 1.54) is 105 Å². The minimum atomic E-state index is -4.30. The number of carbonyl (C=O) groups is 1. The Balaban J connectivity index is 1.61. The highest BCUT2D eigenvalue weighted by atomic mass is 32.2. The molecular weight excluding hydrogens is 571 g/mol. The zero-order valence-corrected chi connectivity index (χ0v) is 23.9. The number of rotatable bonds is 9. The molecule has 12 heteroatoms. The largest absolute Gasteiger partial charge is 0.497 e. The molecule has 4 aromatic carbocycles. The Labute approximate surface area is 237 Å². The number of halogens is 1. The summed E-state index contributed by atoms with van der Waals surface area (Å²) >= 11 is 0. The van der Waals surface area contributed by atoms with E-state index in [9.17, 15) is 26.0 Å². The molecule has 0 saturated carbocycles. The second-order valence-corrected chi connectivity index (χ2v) is 12.7. The van der Waals surface area contributed by atoms with Gasteiger partial charge in [-0.1, -0.05) is 12.1 Å². The summed E-state index contributed by atoms with van der Waals surface area (Å²) in [4.78, 5) is 11.2. The number of hydrogen-bond acceptors (Lipinski definition) is 7. The van der Waals surface area contributed by atoms with Crippen LogP contribution < -0.4 is 20.1 Å². The van der Waals surface area contributed by atoms with Crippen LogP contribution in [0.4, 0.5) is 14.9 Å². The summed E-state index contributed by atoms with van der Waals surface area (Å²) in [7, 11) is -5.78. The summed E-state index contributed by atoms with van der Waals surface area (Å²) in [5.41, 5.74) is 0.997. The molecule has 0 radical (unpaired) electrons. The molecule has 2 amide bonds. The Morgan fingerprint density at radius 2 is 1.22 bits per heavy atom. The Hall–Kier alpha value is -4.42. The molecular formula is C29H27FN2O7S2. The van der Waals surface area contributed by atoms with Crippen LogP contribution in [0.25, 0.3) is 0 Å². The molecule has 214 valence electrons. The number of methoxy groups -OCH3 is 2. The number of urea groups is 1. The highest BCUT2D eigenvalue weighted by Gasteiger charge is 2.30. The van der Waals surface area contributed by atoms with Crippen molar-refractivity contribution < 1.29 is 35.5 Å². The fourth-order valence-electron chi connectivity index (χ4n) is 3.97. The molecule has 0 aromatic heterocycles. The van der Waals surface area contributed by atoms with Gasteiger partial charge in [-0.15, -0.1) is 0 Å². The van der Waals surface area contributed by atoms with Crippen molar-refractivity contribution >= 4 is 31.4 Å². The third-order valence-corrected chi connectivity index (χ3v) is 10.0. The highest BCUT2D eigenvalue weighted by molar-refractivity contribution is 7.94. The summed E-state index contributed by atoms with van der Waals surface area (Å²) in [6, 6.07) is 19.3. The number of ether oxygens (including phenoxy) is 2. The quantitative estimate of drug-likeness (QED) is 0.264. The summed E-state index contributed by atoms with van der Waals surface area (Å²) in [6.07, 6.45) is 0. The van der Waals surface area contributed by atoms with Gasteiger partial charge in [0, 0.05) is 11.8 Å². The average Bonchev–Trinajstić information content (AvgIpc) is 2.98. The van der Waals surface area contributed by atoms with Gasteiger partial charge in [0.2, 0.25) is 19.7 Å². The molecule has 0 aliphatic carbocycles. The zero-order chi connectivity index (χ0) is 29.8. The third kappa shape index (κ3) is 6.50. The van der Waals surface area contributed by atoms with Gasteiger partial charge in [0.25, 0.3) is 0 Å². The number of sulfone groups is 2. The van der Waals surface area contributed by atoms with Crippen molar-refractivity contribution in [1.29, 1.82) is 0 Å². The topological polar surface area (TPSA) is 128 Å². The van der Waals surface area contributed by atoms with Crippen LogP contribution in [-0.4, -0.2) is 37.1 Å². The Morgan fingerprint density at radius 1 is 0.707 bits per heavy atom. The van der Waals surface area contributed by atoms with Crippen LogP contribution in [0.3, 0.4) is 0 Å². The molecule has 2 N–H and O–H groups in total. The molecule has 0 bridgehead atoms. The lowest BCUT2D eigenvalue weighted by atomic mass is 10.1. The Kier molecular flexibility index (Phi) is 8.64. The summed E-state index contributed by atoms with van der Waals surface area (Å²) < 4.78 is 77.9. The van der Waals surface area contributed by atoms with Crippen LogP contribution >= 0.6 is 0 Å². The van der Waals surface area contributed by atoms with Crippen molar-refractivity contribution in [3.05, 3.63) is 102 Å². The van der Waals surface area contributed by atoms with Crippen molar-refractivity contribution in [3.63, 3.8) is 0 Å². The fourth-order valence-corrected chi connectivity index (χ4v) is 7.30. The average molecular weight is 599 g/mol. The summed E-state index contributed by atoms with van der Waals surface area (Å²) in [5, 5.41) is 5.31. The van der Waals surface area contributed by atoms with Crippen molar-refractivity contribution in [3.8, 4) is 11.5 Å². The van der Waals surface area contributed by atoms with Gasteiger partial charge in [-0.25, -0.2) is 26.0 Å². The molecule has 0 unspecified atom stereocenters. The monoisotopic (exact) mass is 598 g/mol. The maximum absolute atomic E-state index is 13.7. The molecule has 0 fully saturated rings. The minimum absolute atomic E-state index is 0.114. The van der Waals surface area contributed by atoms with Crippen LogP contribution in [0.2, 0.25) is 0 Å². The SMILES string of the molecule is COc1ccc(S(=O)(=O)c2cc(OC)ccc2S(=O)(=O)c2ccc([C@H](C)NC(=O)Nc3ccc(F)cc3)cc2)cc1. The van der Waals surface area contributed by atoms with Gasteiger partial charge < -0.3 is 20.1 Å². The van der Waals surface area contributed by atoms with E-state index in [0.29, 0.717) is 17.0 Å². The van der Waals surface area contributed by atoms with Crippen LogP contribution in [0.1, 0.15) is 18.5 Å². The van der Waals surface area contributed by atoms with E-state index in [4.69, 9.17) is 9.47 Å².